The van der Waals surface area contributed by atoms with E-state index in [2.05, 4.69) is 33.1 Å². The van der Waals surface area contributed by atoms with E-state index in [1.54, 1.807) is 31.2 Å². The maximum atomic E-state index is 12.6. The number of hydrazone groups is 1. The number of nitrogens with zero attached hydrogens (tertiary/aromatic N) is 2. The Kier molecular flexibility index (Phi) is 3.85. The number of hydrogen-bond donors (Lipinski definition) is 1. The summed E-state index contributed by atoms with van der Waals surface area (Å²) in [6.07, 6.45) is 0. The van der Waals surface area contributed by atoms with E-state index in [-0.39, 0.29) is 12.3 Å². The van der Waals surface area contributed by atoms with Crippen LogP contribution in [-0.4, -0.2) is 36.1 Å². The zero-order chi connectivity index (χ0) is 15.9. The fraction of sp³-hybridized carbons (Fsp3) is 0.286. The van der Waals surface area contributed by atoms with Gasteiger partial charge in [0, 0.05) is 3.57 Å². The molecule has 1 fully saturated rings. The molecule has 0 aliphatic carbocycles. The van der Waals surface area contributed by atoms with Crippen LogP contribution < -0.4 is 10.3 Å². The van der Waals surface area contributed by atoms with Crippen molar-refractivity contribution in [1.82, 2.24) is 5.43 Å². The highest BCUT2D eigenvalue weighted by Crippen LogP contribution is 2.31. The Morgan fingerprint density at radius 3 is 2.64 bits per heavy atom. The van der Waals surface area contributed by atoms with Gasteiger partial charge < -0.3 is 4.74 Å². The average Bonchev–Trinajstić information content (AvgIpc) is 3.03. The molecule has 8 heteroatoms. The number of imide groups is 1. The minimum absolute atomic E-state index is 0.0433. The molecule has 22 heavy (non-hydrogen) atoms. The molecule has 1 N–H and O–H groups in total. The maximum Gasteiger partial charge on any atom is 0.355 e. The molecule has 0 saturated carbocycles. The summed E-state index contributed by atoms with van der Waals surface area (Å²) < 4.78 is 5.87. The topological polar surface area (TPSA) is 88.1 Å². The molecule has 2 heterocycles. The summed E-state index contributed by atoms with van der Waals surface area (Å²) in [4.78, 5) is 37.9. The molecule has 0 aromatic heterocycles. The van der Waals surface area contributed by atoms with Crippen LogP contribution in [0.4, 0.5) is 5.69 Å². The van der Waals surface area contributed by atoms with Crippen LogP contribution in [0.15, 0.2) is 29.4 Å². The van der Waals surface area contributed by atoms with Crippen LogP contribution >= 0.6 is 22.6 Å². The van der Waals surface area contributed by atoms with Crippen molar-refractivity contribution in [3.8, 4) is 0 Å². The summed E-state index contributed by atoms with van der Waals surface area (Å²) in [5, 5.41) is 3.80. The molecule has 1 saturated heterocycles. The van der Waals surface area contributed by atoms with Crippen molar-refractivity contribution in [2.75, 3.05) is 11.5 Å². The molecule has 0 spiro atoms. The summed E-state index contributed by atoms with van der Waals surface area (Å²) in [6.45, 7) is 1.84. The van der Waals surface area contributed by atoms with Gasteiger partial charge in [0.05, 0.1) is 12.3 Å². The van der Waals surface area contributed by atoms with Crippen molar-refractivity contribution >= 4 is 51.8 Å². The second-order valence-corrected chi connectivity index (χ2v) is 6.04. The number of anilines is 1. The smallest absolute Gasteiger partial charge is 0.355 e. The molecule has 114 valence electrons. The van der Waals surface area contributed by atoms with Crippen molar-refractivity contribution in [3.63, 3.8) is 0 Å². The minimum atomic E-state index is -0.925. The molecule has 2 aliphatic heterocycles. The lowest BCUT2D eigenvalue weighted by Crippen LogP contribution is -2.36. The molecular formula is C14H12IN3O4. The number of esters is 1. The van der Waals surface area contributed by atoms with Crippen molar-refractivity contribution in [2.24, 2.45) is 11.0 Å². The predicted octanol–water partition coefficient (Wildman–Crippen LogP) is 0.671. The number of amides is 2. The quantitative estimate of drug-likeness (QED) is 0.447. The number of carbonyl (C=O) groups excluding carboxylic acids is 3. The molecule has 1 aromatic rings. The Bertz CT molecular complexity index is 686. The number of fused-ring (bicyclic) bond motifs is 1. The first-order valence-electron chi connectivity index (χ1n) is 6.68. The number of carbonyl (C=O) groups is 3. The first-order chi connectivity index (χ1) is 10.5. The zero-order valence-corrected chi connectivity index (χ0v) is 13.7. The van der Waals surface area contributed by atoms with E-state index in [1.165, 1.54) is 0 Å². The summed E-state index contributed by atoms with van der Waals surface area (Å²) in [5.74, 6) is -2.48. The molecule has 0 radical (unpaired) electrons. The van der Waals surface area contributed by atoms with E-state index in [1.807, 2.05) is 0 Å². The van der Waals surface area contributed by atoms with Crippen LogP contribution in [0.2, 0.25) is 0 Å². The van der Waals surface area contributed by atoms with Gasteiger partial charge in [0.2, 0.25) is 5.91 Å². The summed E-state index contributed by atoms with van der Waals surface area (Å²) >= 11 is 2.14. The third kappa shape index (κ3) is 2.27. The second kappa shape index (κ2) is 5.67. The van der Waals surface area contributed by atoms with Gasteiger partial charge in [0.15, 0.2) is 5.71 Å². The molecule has 2 amide bonds. The summed E-state index contributed by atoms with van der Waals surface area (Å²) in [6, 6.07) is 6.15. The molecule has 0 unspecified atom stereocenters. The third-order valence-corrected chi connectivity index (χ3v) is 4.21. The van der Waals surface area contributed by atoms with E-state index in [0.29, 0.717) is 5.69 Å². The van der Waals surface area contributed by atoms with Gasteiger partial charge in [-0.05, 0) is 53.8 Å². The predicted molar refractivity (Wildman–Crippen MR) is 86.1 cm³/mol. The van der Waals surface area contributed by atoms with E-state index in [0.717, 1.165) is 8.47 Å². The van der Waals surface area contributed by atoms with E-state index >= 15 is 0 Å². The summed E-state index contributed by atoms with van der Waals surface area (Å²) in [7, 11) is 0. The monoisotopic (exact) mass is 413 g/mol. The number of hydrogen-bond acceptors (Lipinski definition) is 6. The number of halogens is 1. The van der Waals surface area contributed by atoms with E-state index in [9.17, 15) is 14.4 Å². The Morgan fingerprint density at radius 2 is 2.00 bits per heavy atom. The van der Waals surface area contributed by atoms with Crippen molar-refractivity contribution in [3.05, 3.63) is 27.8 Å². The fourth-order valence-electron chi connectivity index (χ4n) is 2.51. The van der Waals surface area contributed by atoms with Crippen LogP contribution in [0.25, 0.3) is 0 Å². The molecule has 7 nitrogen and oxygen atoms in total. The van der Waals surface area contributed by atoms with Crippen molar-refractivity contribution in [1.29, 1.82) is 0 Å². The lowest BCUT2D eigenvalue weighted by molar-refractivity contribution is -0.136. The first-order valence-corrected chi connectivity index (χ1v) is 7.76. The van der Waals surface area contributed by atoms with Crippen LogP contribution in [0, 0.1) is 9.49 Å². The van der Waals surface area contributed by atoms with Gasteiger partial charge in [-0.25, -0.2) is 9.69 Å². The van der Waals surface area contributed by atoms with Gasteiger partial charge in [-0.3, -0.25) is 15.0 Å². The highest BCUT2D eigenvalue weighted by molar-refractivity contribution is 14.1. The largest absolute Gasteiger partial charge is 0.461 e. The molecule has 0 bridgehead atoms. The van der Waals surface area contributed by atoms with E-state index < -0.39 is 29.7 Å². The Labute approximate surface area is 139 Å². The van der Waals surface area contributed by atoms with Gasteiger partial charge in [-0.2, -0.15) is 5.10 Å². The Morgan fingerprint density at radius 1 is 1.32 bits per heavy atom. The van der Waals surface area contributed by atoms with Crippen LogP contribution in [-0.2, 0) is 19.1 Å². The fourth-order valence-corrected chi connectivity index (χ4v) is 2.87. The standard InChI is InChI=1S/C14H12IN3O4/c1-2-22-14(21)11-9-10(16-17-11)13(20)18(12(9)19)8-5-3-7(15)4-6-8/h3-6,9-10,16H,2H2,1H3/t9-,10+/m0/s1. The number of rotatable bonds is 3. The van der Waals surface area contributed by atoms with Crippen LogP contribution in [0.5, 0.6) is 0 Å². The molecular weight excluding hydrogens is 401 g/mol. The molecule has 1 aromatic carbocycles. The normalized spacial score (nSPS) is 23.2. The Balaban J connectivity index is 1.91. The lowest BCUT2D eigenvalue weighted by atomic mass is 9.99. The average molecular weight is 413 g/mol. The minimum Gasteiger partial charge on any atom is -0.461 e. The molecule has 3 rings (SSSR count). The van der Waals surface area contributed by atoms with Crippen molar-refractivity contribution in [2.45, 2.75) is 13.0 Å². The first kappa shape index (κ1) is 14.9. The molecule has 2 atom stereocenters. The maximum absolute atomic E-state index is 12.6. The second-order valence-electron chi connectivity index (χ2n) is 4.79. The third-order valence-electron chi connectivity index (χ3n) is 3.49. The lowest BCUT2D eigenvalue weighted by Gasteiger charge is -2.15. The van der Waals surface area contributed by atoms with Crippen LogP contribution in [0.1, 0.15) is 6.92 Å². The highest BCUT2D eigenvalue weighted by Gasteiger charge is 2.55. The summed E-state index contributed by atoms with van der Waals surface area (Å²) in [5.41, 5.74) is 3.01. The highest BCUT2D eigenvalue weighted by atomic mass is 127. The van der Waals surface area contributed by atoms with E-state index in [4.69, 9.17) is 4.74 Å². The van der Waals surface area contributed by atoms with Gasteiger partial charge in [0.1, 0.15) is 12.0 Å². The number of benzene rings is 1. The number of ether oxygens (including phenoxy) is 1. The van der Waals surface area contributed by atoms with Gasteiger partial charge in [-0.15, -0.1) is 0 Å². The van der Waals surface area contributed by atoms with Gasteiger partial charge >= 0.3 is 5.97 Å². The Hall–Kier alpha value is -1.97. The van der Waals surface area contributed by atoms with Crippen molar-refractivity contribution < 1.29 is 19.1 Å². The zero-order valence-electron chi connectivity index (χ0n) is 11.6. The number of nitrogens with one attached hydrogen (secondary N) is 1. The van der Waals surface area contributed by atoms with Gasteiger partial charge in [-0.1, -0.05) is 0 Å². The SMILES string of the molecule is CCOC(=O)C1=NN[C@H]2C(=O)N(c3ccc(I)cc3)C(=O)[C@H]12. The van der Waals surface area contributed by atoms with Gasteiger partial charge in [0.25, 0.3) is 5.91 Å². The molecule has 2 aliphatic rings. The van der Waals surface area contributed by atoms with Crippen LogP contribution in [0.3, 0.4) is 0 Å².